The highest BCUT2D eigenvalue weighted by atomic mass is 35.5. The molecule has 0 radical (unpaired) electrons. The molecule has 0 spiro atoms. The first-order valence-electron chi connectivity index (χ1n) is 5.39. The maximum Gasteiger partial charge on any atom is 0.124 e. The molecule has 0 bridgehead atoms. The van der Waals surface area contributed by atoms with E-state index in [0.717, 1.165) is 19.4 Å². The minimum Gasteiger partial charge on any atom is -0.388 e. The second kappa shape index (κ2) is 5.13. The number of benzene rings is 1. The molecule has 2 nitrogen and oxygen atoms in total. The van der Waals surface area contributed by atoms with E-state index >= 15 is 0 Å². The molecule has 1 aliphatic rings. The Morgan fingerprint density at radius 1 is 1.50 bits per heavy atom. The van der Waals surface area contributed by atoms with Gasteiger partial charge in [0, 0.05) is 17.5 Å². The fourth-order valence-corrected chi connectivity index (χ4v) is 2.29. The molecule has 0 saturated carbocycles. The predicted molar refractivity (Wildman–Crippen MR) is 59.9 cm³/mol. The third kappa shape index (κ3) is 2.54. The van der Waals surface area contributed by atoms with Crippen LogP contribution in [0.25, 0.3) is 0 Å². The lowest BCUT2D eigenvalue weighted by Gasteiger charge is -2.27. The van der Waals surface area contributed by atoms with Crippen LogP contribution in [0.5, 0.6) is 0 Å². The number of rotatable bonds is 2. The molecule has 2 rings (SSSR count). The van der Waals surface area contributed by atoms with Crippen molar-refractivity contribution < 1.29 is 14.2 Å². The molecule has 16 heavy (non-hydrogen) atoms. The van der Waals surface area contributed by atoms with E-state index in [1.54, 1.807) is 0 Å². The van der Waals surface area contributed by atoms with Crippen molar-refractivity contribution in [2.45, 2.75) is 18.9 Å². The highest BCUT2D eigenvalue weighted by Crippen LogP contribution is 2.32. The molecule has 0 amide bonds. The van der Waals surface area contributed by atoms with E-state index in [1.165, 1.54) is 18.2 Å². The Kier molecular flexibility index (Phi) is 3.79. The maximum atomic E-state index is 12.9. The summed E-state index contributed by atoms with van der Waals surface area (Å²) in [6.07, 6.45) is 1.18. The zero-order valence-electron chi connectivity index (χ0n) is 8.83. The first kappa shape index (κ1) is 11.8. The van der Waals surface area contributed by atoms with Crippen molar-refractivity contribution in [3.8, 4) is 0 Å². The number of hydrogen-bond acceptors (Lipinski definition) is 2. The zero-order chi connectivity index (χ0) is 11.5. The number of ether oxygens (including phenoxy) is 1. The van der Waals surface area contributed by atoms with Gasteiger partial charge in [-0.25, -0.2) is 4.39 Å². The van der Waals surface area contributed by atoms with E-state index in [1.807, 2.05) is 0 Å². The van der Waals surface area contributed by atoms with Crippen molar-refractivity contribution in [2.75, 3.05) is 13.2 Å². The fourth-order valence-electron chi connectivity index (χ4n) is 2.01. The van der Waals surface area contributed by atoms with Gasteiger partial charge < -0.3 is 9.84 Å². The van der Waals surface area contributed by atoms with Gasteiger partial charge in [0.1, 0.15) is 5.82 Å². The van der Waals surface area contributed by atoms with Gasteiger partial charge in [-0.3, -0.25) is 0 Å². The SMILES string of the molecule is OC(c1ccc(F)cc1Cl)C1CCCOC1. The lowest BCUT2D eigenvalue weighted by Crippen LogP contribution is -2.23. The van der Waals surface area contributed by atoms with E-state index < -0.39 is 6.10 Å². The third-order valence-electron chi connectivity index (χ3n) is 2.92. The van der Waals surface area contributed by atoms with Crippen molar-refractivity contribution in [1.29, 1.82) is 0 Å². The van der Waals surface area contributed by atoms with Gasteiger partial charge in [-0.05, 0) is 30.5 Å². The first-order valence-corrected chi connectivity index (χ1v) is 5.77. The molecular formula is C12H14ClFO2. The Morgan fingerprint density at radius 3 is 2.94 bits per heavy atom. The van der Waals surface area contributed by atoms with Crippen LogP contribution >= 0.6 is 11.6 Å². The lowest BCUT2D eigenvalue weighted by atomic mass is 9.91. The summed E-state index contributed by atoms with van der Waals surface area (Å²) in [5.74, 6) is -0.336. The van der Waals surface area contributed by atoms with Crippen LogP contribution in [-0.4, -0.2) is 18.3 Å². The van der Waals surface area contributed by atoms with Crippen molar-refractivity contribution in [1.82, 2.24) is 0 Å². The van der Waals surface area contributed by atoms with Crippen molar-refractivity contribution >= 4 is 11.6 Å². The summed E-state index contributed by atoms with van der Waals surface area (Å²) in [6, 6.07) is 4.08. The van der Waals surface area contributed by atoms with E-state index in [9.17, 15) is 9.50 Å². The van der Waals surface area contributed by atoms with Gasteiger partial charge in [0.15, 0.2) is 0 Å². The van der Waals surface area contributed by atoms with Crippen LogP contribution in [0.1, 0.15) is 24.5 Å². The van der Waals surface area contributed by atoms with Crippen molar-refractivity contribution in [3.63, 3.8) is 0 Å². The molecule has 0 aliphatic carbocycles. The lowest BCUT2D eigenvalue weighted by molar-refractivity contribution is -0.00994. The molecule has 2 unspecified atom stereocenters. The summed E-state index contributed by atoms with van der Waals surface area (Å²) in [7, 11) is 0. The molecule has 1 saturated heterocycles. The number of halogens is 2. The molecule has 88 valence electrons. The Hall–Kier alpha value is -0.640. The normalized spacial score (nSPS) is 23.1. The summed E-state index contributed by atoms with van der Waals surface area (Å²) in [5, 5.41) is 10.4. The maximum absolute atomic E-state index is 12.9. The van der Waals surface area contributed by atoms with Crippen LogP contribution in [0.15, 0.2) is 18.2 Å². The highest BCUT2D eigenvalue weighted by molar-refractivity contribution is 6.31. The summed E-state index contributed by atoms with van der Waals surface area (Å²) in [4.78, 5) is 0. The number of hydrogen-bond donors (Lipinski definition) is 1. The van der Waals surface area contributed by atoms with Crippen LogP contribution in [0.4, 0.5) is 4.39 Å². The smallest absolute Gasteiger partial charge is 0.124 e. The predicted octanol–water partition coefficient (Wildman–Crippen LogP) is 2.94. The zero-order valence-corrected chi connectivity index (χ0v) is 9.58. The third-order valence-corrected chi connectivity index (χ3v) is 3.25. The number of aliphatic hydroxyl groups is 1. The fraction of sp³-hybridized carbons (Fsp3) is 0.500. The molecule has 4 heteroatoms. The average Bonchev–Trinajstić information content (AvgIpc) is 2.29. The molecule has 1 aromatic rings. The van der Waals surface area contributed by atoms with Gasteiger partial charge in [-0.2, -0.15) is 0 Å². The molecule has 1 fully saturated rings. The quantitative estimate of drug-likeness (QED) is 0.867. The Bertz CT molecular complexity index is 364. The van der Waals surface area contributed by atoms with Gasteiger partial charge >= 0.3 is 0 Å². The van der Waals surface area contributed by atoms with E-state index in [0.29, 0.717) is 12.2 Å². The molecule has 1 heterocycles. The van der Waals surface area contributed by atoms with Crippen LogP contribution < -0.4 is 0 Å². The summed E-state index contributed by atoms with van der Waals surface area (Å²) < 4.78 is 18.2. The van der Waals surface area contributed by atoms with E-state index in [4.69, 9.17) is 16.3 Å². The summed E-state index contributed by atoms with van der Waals surface area (Å²) in [5.41, 5.74) is 0.582. The highest BCUT2D eigenvalue weighted by Gasteiger charge is 2.25. The van der Waals surface area contributed by atoms with Gasteiger partial charge in [0.25, 0.3) is 0 Å². The van der Waals surface area contributed by atoms with Gasteiger partial charge in [-0.1, -0.05) is 17.7 Å². The van der Waals surface area contributed by atoms with Crippen LogP contribution in [0.3, 0.4) is 0 Å². The van der Waals surface area contributed by atoms with Gasteiger partial charge in [0.05, 0.1) is 12.7 Å². The van der Waals surface area contributed by atoms with E-state index in [-0.39, 0.29) is 16.8 Å². The standard InChI is InChI=1S/C12H14ClFO2/c13-11-6-9(14)3-4-10(11)12(15)8-2-1-5-16-7-8/h3-4,6,8,12,15H,1-2,5,7H2. The topological polar surface area (TPSA) is 29.5 Å². The van der Waals surface area contributed by atoms with Crippen molar-refractivity contribution in [2.24, 2.45) is 5.92 Å². The average molecular weight is 245 g/mol. The Morgan fingerprint density at radius 2 is 2.31 bits per heavy atom. The van der Waals surface area contributed by atoms with Crippen LogP contribution in [0, 0.1) is 11.7 Å². The Balaban J connectivity index is 2.15. The molecule has 2 atom stereocenters. The van der Waals surface area contributed by atoms with Crippen LogP contribution in [-0.2, 0) is 4.74 Å². The molecule has 1 aromatic carbocycles. The second-order valence-corrected chi connectivity index (χ2v) is 4.50. The summed E-state index contributed by atoms with van der Waals surface area (Å²) in [6.45, 7) is 1.29. The molecule has 1 aliphatic heterocycles. The molecule has 0 aromatic heterocycles. The largest absolute Gasteiger partial charge is 0.388 e. The Labute approximate surface area is 99.0 Å². The van der Waals surface area contributed by atoms with E-state index in [2.05, 4.69) is 0 Å². The van der Waals surface area contributed by atoms with Gasteiger partial charge in [0.2, 0.25) is 0 Å². The minimum absolute atomic E-state index is 0.0525. The van der Waals surface area contributed by atoms with Crippen LogP contribution in [0.2, 0.25) is 5.02 Å². The summed E-state index contributed by atoms with van der Waals surface area (Å²) >= 11 is 5.90. The minimum atomic E-state index is -0.673. The monoisotopic (exact) mass is 244 g/mol. The van der Waals surface area contributed by atoms with Crippen molar-refractivity contribution in [3.05, 3.63) is 34.6 Å². The molecular weight excluding hydrogens is 231 g/mol. The second-order valence-electron chi connectivity index (χ2n) is 4.09. The van der Waals surface area contributed by atoms with Gasteiger partial charge in [-0.15, -0.1) is 0 Å². The first-order chi connectivity index (χ1) is 7.68. The molecule has 1 N–H and O–H groups in total. The number of aliphatic hydroxyl groups excluding tert-OH is 1.